The number of nitrogens with one attached hydrogen (secondary N) is 1. The van der Waals surface area contributed by atoms with Gasteiger partial charge in [-0.2, -0.15) is 0 Å². The summed E-state index contributed by atoms with van der Waals surface area (Å²) in [4.78, 5) is 13.9. The molecule has 3 heterocycles. The average molecular weight is 317 g/mol. The first-order chi connectivity index (χ1) is 11.0. The van der Waals surface area contributed by atoms with Crippen LogP contribution < -0.4 is 11.1 Å². The minimum Gasteiger partial charge on any atom is -0.394 e. The smallest absolute Gasteiger partial charge is 0.323 e. The summed E-state index contributed by atoms with van der Waals surface area (Å²) < 4.78 is 19.7. The first kappa shape index (κ1) is 14.0. The van der Waals surface area contributed by atoms with E-state index >= 15 is 0 Å². The standard InChI is InChI=1S/C15H16FN5O2/c16-10-1-3-11(4-2-10)21-5-12(17)13(19-21)18-14(22)20-6-15(7-20)8-23-9-15/h1-5H,6-9,17H2,(H,18,19,22). The van der Waals surface area contributed by atoms with E-state index in [4.69, 9.17) is 10.5 Å². The molecule has 2 amide bonds. The summed E-state index contributed by atoms with van der Waals surface area (Å²) in [6.07, 6.45) is 1.58. The lowest BCUT2D eigenvalue weighted by atomic mass is 9.78. The molecule has 0 bridgehead atoms. The molecule has 0 saturated carbocycles. The second kappa shape index (κ2) is 4.95. The van der Waals surface area contributed by atoms with Crippen molar-refractivity contribution in [1.29, 1.82) is 0 Å². The Balaban J connectivity index is 1.45. The highest BCUT2D eigenvalue weighted by atomic mass is 19.1. The van der Waals surface area contributed by atoms with E-state index in [0.717, 1.165) is 13.2 Å². The molecular weight excluding hydrogens is 301 g/mol. The van der Waals surface area contributed by atoms with Gasteiger partial charge < -0.3 is 15.4 Å². The second-order valence-electron chi connectivity index (χ2n) is 6.13. The number of rotatable bonds is 2. The zero-order chi connectivity index (χ0) is 16.0. The number of nitrogens with two attached hydrogens (primary N) is 1. The Morgan fingerprint density at radius 3 is 2.61 bits per heavy atom. The molecule has 7 nitrogen and oxygen atoms in total. The molecule has 0 radical (unpaired) electrons. The van der Waals surface area contributed by atoms with Crippen LogP contribution >= 0.6 is 0 Å². The van der Waals surface area contributed by atoms with Crippen LogP contribution in [-0.4, -0.2) is 47.0 Å². The number of anilines is 2. The van der Waals surface area contributed by atoms with E-state index in [9.17, 15) is 9.18 Å². The number of ether oxygens (including phenoxy) is 1. The highest BCUT2D eigenvalue weighted by Gasteiger charge is 2.50. The van der Waals surface area contributed by atoms with E-state index in [1.54, 1.807) is 23.2 Å². The van der Waals surface area contributed by atoms with Crippen molar-refractivity contribution in [2.24, 2.45) is 5.41 Å². The quantitative estimate of drug-likeness (QED) is 0.878. The number of benzene rings is 1. The number of carbonyl (C=O) groups is 1. The average Bonchev–Trinajstić information content (AvgIpc) is 2.78. The topological polar surface area (TPSA) is 85.4 Å². The van der Waals surface area contributed by atoms with Crippen LogP contribution in [0, 0.1) is 11.2 Å². The Hall–Kier alpha value is -2.61. The molecule has 23 heavy (non-hydrogen) atoms. The molecule has 1 spiro atoms. The van der Waals surface area contributed by atoms with Crippen LogP contribution in [0.25, 0.3) is 5.69 Å². The Morgan fingerprint density at radius 2 is 2.00 bits per heavy atom. The van der Waals surface area contributed by atoms with Crippen molar-refractivity contribution in [2.45, 2.75) is 0 Å². The molecule has 3 N–H and O–H groups in total. The Labute approximate surface area is 131 Å². The van der Waals surface area contributed by atoms with Crippen molar-refractivity contribution in [3.63, 3.8) is 0 Å². The lowest BCUT2D eigenvalue weighted by molar-refractivity contribution is -0.174. The predicted octanol–water partition coefficient (Wildman–Crippen LogP) is 1.46. The fourth-order valence-corrected chi connectivity index (χ4v) is 2.87. The summed E-state index contributed by atoms with van der Waals surface area (Å²) in [6.45, 7) is 2.82. The third-order valence-electron chi connectivity index (χ3n) is 4.22. The van der Waals surface area contributed by atoms with Crippen molar-refractivity contribution < 1.29 is 13.9 Å². The molecule has 0 atom stereocenters. The van der Waals surface area contributed by atoms with E-state index < -0.39 is 0 Å². The van der Waals surface area contributed by atoms with Crippen molar-refractivity contribution in [3.05, 3.63) is 36.3 Å². The number of nitrogen functional groups attached to an aromatic ring is 1. The summed E-state index contributed by atoms with van der Waals surface area (Å²) in [7, 11) is 0. The molecule has 1 aromatic heterocycles. The maximum absolute atomic E-state index is 13.0. The van der Waals surface area contributed by atoms with Gasteiger partial charge in [0.25, 0.3) is 0 Å². The molecule has 120 valence electrons. The number of hydrogen-bond donors (Lipinski definition) is 2. The Bertz CT molecular complexity index is 746. The highest BCUT2D eigenvalue weighted by molar-refractivity contribution is 5.91. The minimum atomic E-state index is -0.325. The number of amides is 2. The highest BCUT2D eigenvalue weighted by Crippen LogP contribution is 2.37. The van der Waals surface area contributed by atoms with Gasteiger partial charge in [-0.1, -0.05) is 0 Å². The van der Waals surface area contributed by atoms with Crippen LogP contribution in [0.15, 0.2) is 30.5 Å². The maximum atomic E-state index is 13.0. The van der Waals surface area contributed by atoms with E-state index in [2.05, 4.69) is 10.4 Å². The van der Waals surface area contributed by atoms with E-state index in [0.29, 0.717) is 30.3 Å². The first-order valence-corrected chi connectivity index (χ1v) is 7.29. The fourth-order valence-electron chi connectivity index (χ4n) is 2.87. The second-order valence-corrected chi connectivity index (χ2v) is 6.13. The molecule has 2 aliphatic heterocycles. The molecule has 2 aromatic rings. The summed E-state index contributed by atoms with van der Waals surface area (Å²) in [6, 6.07) is 5.63. The number of nitrogens with zero attached hydrogens (tertiary/aromatic N) is 3. The normalized spacial score (nSPS) is 18.4. The largest absolute Gasteiger partial charge is 0.394 e. The summed E-state index contributed by atoms with van der Waals surface area (Å²) in [5.41, 5.74) is 7.07. The van der Waals surface area contributed by atoms with E-state index in [-0.39, 0.29) is 17.3 Å². The summed E-state index contributed by atoms with van der Waals surface area (Å²) in [5, 5.41) is 6.96. The first-order valence-electron chi connectivity index (χ1n) is 7.29. The minimum absolute atomic E-state index is 0.163. The number of likely N-dealkylation sites (tertiary alicyclic amines) is 1. The fraction of sp³-hybridized carbons (Fsp3) is 0.333. The van der Waals surface area contributed by atoms with Gasteiger partial charge in [-0.3, -0.25) is 5.32 Å². The molecule has 4 rings (SSSR count). The maximum Gasteiger partial charge on any atom is 0.323 e. The lowest BCUT2D eigenvalue weighted by Crippen LogP contribution is -2.67. The number of urea groups is 1. The van der Waals surface area contributed by atoms with Crippen LogP contribution in [0.4, 0.5) is 20.7 Å². The molecule has 8 heteroatoms. The van der Waals surface area contributed by atoms with Gasteiger partial charge in [-0.15, -0.1) is 5.10 Å². The van der Waals surface area contributed by atoms with Gasteiger partial charge in [-0.05, 0) is 24.3 Å². The lowest BCUT2D eigenvalue weighted by Gasteiger charge is -2.54. The van der Waals surface area contributed by atoms with Gasteiger partial charge in [0.15, 0.2) is 5.82 Å². The summed E-state index contributed by atoms with van der Waals surface area (Å²) >= 11 is 0. The van der Waals surface area contributed by atoms with Crippen molar-refractivity contribution in [2.75, 3.05) is 37.4 Å². The predicted molar refractivity (Wildman–Crippen MR) is 81.8 cm³/mol. The van der Waals surface area contributed by atoms with Crippen LogP contribution in [0.1, 0.15) is 0 Å². The third kappa shape index (κ3) is 2.40. The van der Waals surface area contributed by atoms with Gasteiger partial charge >= 0.3 is 6.03 Å². The van der Waals surface area contributed by atoms with Crippen LogP contribution in [0.2, 0.25) is 0 Å². The molecule has 2 saturated heterocycles. The van der Waals surface area contributed by atoms with E-state index in [1.165, 1.54) is 16.8 Å². The molecule has 0 unspecified atom stereocenters. The zero-order valence-electron chi connectivity index (χ0n) is 12.3. The molecule has 2 fully saturated rings. The molecule has 2 aliphatic rings. The Kier molecular flexibility index (Phi) is 3.02. The van der Waals surface area contributed by atoms with Crippen LogP contribution in [0.3, 0.4) is 0 Å². The van der Waals surface area contributed by atoms with Gasteiger partial charge in [0, 0.05) is 13.1 Å². The molecule has 0 aliphatic carbocycles. The van der Waals surface area contributed by atoms with Crippen LogP contribution in [-0.2, 0) is 4.74 Å². The Morgan fingerprint density at radius 1 is 1.30 bits per heavy atom. The summed E-state index contributed by atoms with van der Waals surface area (Å²) in [5.74, 6) is -0.0285. The molecular formula is C15H16FN5O2. The van der Waals surface area contributed by atoms with Gasteiger partial charge in [-0.25, -0.2) is 13.9 Å². The SMILES string of the molecule is Nc1cn(-c2ccc(F)cc2)nc1NC(=O)N1CC2(COC2)C1. The van der Waals surface area contributed by atoms with Gasteiger partial charge in [0.05, 0.1) is 36.2 Å². The monoisotopic (exact) mass is 317 g/mol. The van der Waals surface area contributed by atoms with Crippen LogP contribution in [0.5, 0.6) is 0 Å². The van der Waals surface area contributed by atoms with Crippen molar-refractivity contribution in [1.82, 2.24) is 14.7 Å². The number of aromatic nitrogens is 2. The van der Waals surface area contributed by atoms with Gasteiger partial charge in [0.2, 0.25) is 0 Å². The number of halogens is 1. The molecule has 1 aromatic carbocycles. The van der Waals surface area contributed by atoms with Crippen molar-refractivity contribution in [3.8, 4) is 5.69 Å². The van der Waals surface area contributed by atoms with E-state index in [1.807, 2.05) is 0 Å². The third-order valence-corrected chi connectivity index (χ3v) is 4.22. The zero-order valence-corrected chi connectivity index (χ0v) is 12.3. The number of hydrogen-bond acceptors (Lipinski definition) is 4. The van der Waals surface area contributed by atoms with Crippen molar-refractivity contribution >= 4 is 17.5 Å². The van der Waals surface area contributed by atoms with Gasteiger partial charge in [0.1, 0.15) is 5.82 Å². The number of carbonyl (C=O) groups excluding carboxylic acids is 1.